The first-order valence-corrected chi connectivity index (χ1v) is 5.17. The molecule has 1 atom stereocenters. The maximum absolute atomic E-state index is 9.62. The Balaban J connectivity index is 2.07. The molecule has 1 rings (SSSR count). The highest BCUT2D eigenvalue weighted by molar-refractivity contribution is 5.01. The molecule has 0 aliphatic heterocycles. The molecule has 2 N–H and O–H groups in total. The van der Waals surface area contributed by atoms with Gasteiger partial charge in [0, 0.05) is 6.61 Å². The quantitative estimate of drug-likeness (QED) is 0.661. The minimum Gasteiger partial charge on any atom is -0.467 e. The van der Waals surface area contributed by atoms with Gasteiger partial charge in [0.1, 0.15) is 11.9 Å². The molecule has 14 heavy (non-hydrogen) atoms. The Bertz CT molecular complexity index is 218. The summed E-state index contributed by atoms with van der Waals surface area (Å²) >= 11 is 0. The van der Waals surface area contributed by atoms with Crippen LogP contribution < -0.4 is 0 Å². The van der Waals surface area contributed by atoms with Gasteiger partial charge >= 0.3 is 0 Å². The minimum atomic E-state index is -0.473. The van der Waals surface area contributed by atoms with Crippen LogP contribution >= 0.6 is 0 Å². The van der Waals surface area contributed by atoms with Crippen LogP contribution in [0.1, 0.15) is 44.0 Å². The molecule has 0 aliphatic rings. The molecule has 3 heteroatoms. The van der Waals surface area contributed by atoms with Crippen LogP contribution in [0.3, 0.4) is 0 Å². The highest BCUT2D eigenvalue weighted by Crippen LogP contribution is 2.19. The highest BCUT2D eigenvalue weighted by Gasteiger charge is 2.08. The van der Waals surface area contributed by atoms with Crippen LogP contribution in [-0.4, -0.2) is 16.8 Å². The lowest BCUT2D eigenvalue weighted by Crippen LogP contribution is -1.95. The second-order valence-corrected chi connectivity index (χ2v) is 3.46. The zero-order chi connectivity index (χ0) is 10.2. The van der Waals surface area contributed by atoms with Crippen molar-refractivity contribution in [2.75, 3.05) is 6.61 Å². The van der Waals surface area contributed by atoms with Gasteiger partial charge in [-0.3, -0.25) is 0 Å². The number of hydrogen-bond donors (Lipinski definition) is 2. The molecule has 0 saturated carbocycles. The van der Waals surface area contributed by atoms with Gasteiger partial charge in [-0.1, -0.05) is 19.3 Å². The molecule has 0 aromatic carbocycles. The maximum atomic E-state index is 9.62. The topological polar surface area (TPSA) is 53.6 Å². The fourth-order valence-electron chi connectivity index (χ4n) is 1.43. The molecule has 1 aromatic heterocycles. The van der Waals surface area contributed by atoms with Gasteiger partial charge in [0.15, 0.2) is 0 Å². The van der Waals surface area contributed by atoms with E-state index in [1.807, 2.05) is 0 Å². The number of aliphatic hydroxyl groups excluding tert-OH is 2. The Labute approximate surface area is 84.4 Å². The number of unbranched alkanes of at least 4 members (excludes halogenated alkanes) is 3. The number of hydrogen-bond acceptors (Lipinski definition) is 3. The summed E-state index contributed by atoms with van der Waals surface area (Å²) in [6.07, 6.45) is 5.75. The third kappa shape index (κ3) is 3.94. The Kier molecular flexibility index (Phi) is 5.33. The van der Waals surface area contributed by atoms with Gasteiger partial charge in [-0.15, -0.1) is 0 Å². The summed E-state index contributed by atoms with van der Waals surface area (Å²) in [5, 5.41) is 18.2. The molecule has 1 unspecified atom stereocenters. The molecular formula is C11H18O3. The van der Waals surface area contributed by atoms with E-state index < -0.39 is 6.10 Å². The smallest absolute Gasteiger partial charge is 0.132 e. The maximum Gasteiger partial charge on any atom is 0.132 e. The van der Waals surface area contributed by atoms with Crippen molar-refractivity contribution in [1.82, 2.24) is 0 Å². The van der Waals surface area contributed by atoms with E-state index in [1.54, 1.807) is 18.4 Å². The van der Waals surface area contributed by atoms with E-state index in [0.29, 0.717) is 5.76 Å². The summed E-state index contributed by atoms with van der Waals surface area (Å²) in [5.74, 6) is 0.646. The molecule has 0 aliphatic carbocycles. The third-order valence-corrected chi connectivity index (χ3v) is 2.26. The van der Waals surface area contributed by atoms with Crippen molar-refractivity contribution >= 4 is 0 Å². The SMILES string of the molecule is OCCCCCCC(O)c1ccco1. The molecule has 0 saturated heterocycles. The first kappa shape index (κ1) is 11.3. The van der Waals surface area contributed by atoms with Gasteiger partial charge in [-0.05, 0) is 25.0 Å². The van der Waals surface area contributed by atoms with Crippen molar-refractivity contribution in [2.24, 2.45) is 0 Å². The zero-order valence-electron chi connectivity index (χ0n) is 8.35. The van der Waals surface area contributed by atoms with Crippen molar-refractivity contribution in [3.05, 3.63) is 24.2 Å². The second kappa shape index (κ2) is 6.62. The van der Waals surface area contributed by atoms with Crippen LogP contribution in [0.4, 0.5) is 0 Å². The molecule has 1 heterocycles. The fourth-order valence-corrected chi connectivity index (χ4v) is 1.43. The van der Waals surface area contributed by atoms with Crippen LogP contribution in [-0.2, 0) is 0 Å². The van der Waals surface area contributed by atoms with Crippen LogP contribution in [0.5, 0.6) is 0 Å². The molecule has 0 bridgehead atoms. The Morgan fingerprint density at radius 2 is 2.00 bits per heavy atom. The average Bonchev–Trinajstić information content (AvgIpc) is 2.70. The lowest BCUT2D eigenvalue weighted by Gasteiger charge is -2.06. The summed E-state index contributed by atoms with van der Waals surface area (Å²) in [7, 11) is 0. The molecule has 0 spiro atoms. The molecule has 0 amide bonds. The number of furan rings is 1. The van der Waals surface area contributed by atoms with E-state index >= 15 is 0 Å². The lowest BCUT2D eigenvalue weighted by molar-refractivity contribution is 0.136. The Hall–Kier alpha value is -0.800. The first-order chi connectivity index (χ1) is 6.84. The lowest BCUT2D eigenvalue weighted by atomic mass is 10.1. The van der Waals surface area contributed by atoms with E-state index in [0.717, 1.165) is 32.1 Å². The zero-order valence-corrected chi connectivity index (χ0v) is 8.35. The van der Waals surface area contributed by atoms with Crippen LogP contribution in [0, 0.1) is 0 Å². The van der Waals surface area contributed by atoms with Gasteiger partial charge < -0.3 is 14.6 Å². The highest BCUT2D eigenvalue weighted by atomic mass is 16.4. The third-order valence-electron chi connectivity index (χ3n) is 2.26. The molecule has 3 nitrogen and oxygen atoms in total. The Morgan fingerprint density at radius 3 is 2.64 bits per heavy atom. The van der Waals surface area contributed by atoms with Crippen molar-refractivity contribution < 1.29 is 14.6 Å². The van der Waals surface area contributed by atoms with Crippen molar-refractivity contribution in [1.29, 1.82) is 0 Å². The van der Waals surface area contributed by atoms with Gasteiger partial charge in [-0.2, -0.15) is 0 Å². The molecule has 1 aromatic rings. The summed E-state index contributed by atoms with van der Waals surface area (Å²) in [6, 6.07) is 3.57. The van der Waals surface area contributed by atoms with E-state index in [4.69, 9.17) is 9.52 Å². The van der Waals surface area contributed by atoms with Gasteiger partial charge in [0.2, 0.25) is 0 Å². The fraction of sp³-hybridized carbons (Fsp3) is 0.636. The summed E-state index contributed by atoms with van der Waals surface area (Å²) in [6.45, 7) is 0.265. The average molecular weight is 198 g/mol. The predicted molar refractivity (Wildman–Crippen MR) is 53.8 cm³/mol. The molecule has 80 valence electrons. The standard InChI is InChI=1S/C11H18O3/c12-8-4-2-1-3-6-10(13)11-7-5-9-14-11/h5,7,9-10,12-13H,1-4,6,8H2. The Morgan fingerprint density at radius 1 is 1.21 bits per heavy atom. The molecule has 0 radical (unpaired) electrons. The summed E-state index contributed by atoms with van der Waals surface area (Å²) in [4.78, 5) is 0. The van der Waals surface area contributed by atoms with Crippen molar-refractivity contribution in [3.8, 4) is 0 Å². The van der Waals surface area contributed by atoms with E-state index in [1.165, 1.54) is 0 Å². The van der Waals surface area contributed by atoms with E-state index in [-0.39, 0.29) is 6.61 Å². The summed E-state index contributed by atoms with van der Waals surface area (Å²) in [5.41, 5.74) is 0. The largest absolute Gasteiger partial charge is 0.467 e. The predicted octanol–water partition coefficient (Wildman–Crippen LogP) is 2.26. The number of rotatable bonds is 7. The van der Waals surface area contributed by atoms with Gasteiger partial charge in [-0.25, -0.2) is 0 Å². The van der Waals surface area contributed by atoms with Crippen LogP contribution in [0.15, 0.2) is 22.8 Å². The summed E-state index contributed by atoms with van der Waals surface area (Å²) < 4.78 is 5.08. The van der Waals surface area contributed by atoms with Crippen molar-refractivity contribution in [3.63, 3.8) is 0 Å². The van der Waals surface area contributed by atoms with Crippen LogP contribution in [0.2, 0.25) is 0 Å². The molecule has 0 fully saturated rings. The van der Waals surface area contributed by atoms with Crippen molar-refractivity contribution in [2.45, 2.75) is 38.2 Å². The minimum absolute atomic E-state index is 0.265. The van der Waals surface area contributed by atoms with E-state index in [2.05, 4.69) is 0 Å². The molecular weight excluding hydrogens is 180 g/mol. The number of aliphatic hydroxyl groups is 2. The first-order valence-electron chi connectivity index (χ1n) is 5.17. The monoisotopic (exact) mass is 198 g/mol. The second-order valence-electron chi connectivity index (χ2n) is 3.46. The normalized spacial score (nSPS) is 13.0. The van der Waals surface area contributed by atoms with Crippen LogP contribution in [0.25, 0.3) is 0 Å². The van der Waals surface area contributed by atoms with E-state index in [9.17, 15) is 5.11 Å². The van der Waals surface area contributed by atoms with Gasteiger partial charge in [0.05, 0.1) is 6.26 Å². The van der Waals surface area contributed by atoms with Gasteiger partial charge in [0.25, 0.3) is 0 Å².